The molecular formula is C43H60N2O. The van der Waals surface area contributed by atoms with E-state index in [0.29, 0.717) is 11.8 Å². The second-order valence-electron chi connectivity index (χ2n) is 10.1. The molecule has 2 heterocycles. The van der Waals surface area contributed by atoms with E-state index >= 15 is 0 Å². The average Bonchev–Trinajstić information content (AvgIpc) is 3.77. The van der Waals surface area contributed by atoms with Crippen molar-refractivity contribution in [2.45, 2.75) is 109 Å². The summed E-state index contributed by atoms with van der Waals surface area (Å²) in [6, 6.07) is 30.0. The van der Waals surface area contributed by atoms with Gasteiger partial charge in [0.2, 0.25) is 0 Å². The lowest BCUT2D eigenvalue weighted by Gasteiger charge is -2.23. The van der Waals surface area contributed by atoms with Gasteiger partial charge in [0, 0.05) is 28.7 Å². The fourth-order valence-electron chi connectivity index (χ4n) is 5.20. The largest absolute Gasteiger partial charge is 0.456 e. The number of hydrogen-bond acceptors (Lipinski definition) is 2. The molecule has 0 amide bonds. The average molecular weight is 621 g/mol. The Kier molecular flexibility index (Phi) is 18.1. The van der Waals surface area contributed by atoms with Crippen LogP contribution in [-0.4, -0.2) is 9.55 Å². The van der Waals surface area contributed by atoms with E-state index in [0.717, 1.165) is 33.3 Å². The second-order valence-corrected chi connectivity index (χ2v) is 10.1. The highest BCUT2D eigenvalue weighted by molar-refractivity contribution is 6.06. The van der Waals surface area contributed by atoms with Crippen LogP contribution < -0.4 is 0 Å². The van der Waals surface area contributed by atoms with E-state index < -0.39 is 0 Å². The molecule has 0 unspecified atom stereocenters. The van der Waals surface area contributed by atoms with Gasteiger partial charge in [-0.15, -0.1) is 0 Å². The molecule has 0 spiro atoms. The van der Waals surface area contributed by atoms with E-state index in [4.69, 9.17) is 9.40 Å². The van der Waals surface area contributed by atoms with Crippen molar-refractivity contribution in [2.75, 3.05) is 0 Å². The van der Waals surface area contributed by atoms with Crippen molar-refractivity contribution in [1.82, 2.24) is 9.55 Å². The lowest BCUT2D eigenvalue weighted by atomic mass is 9.88. The molecule has 0 atom stereocenters. The first-order valence-electron chi connectivity index (χ1n) is 17.7. The molecule has 0 aliphatic carbocycles. The Balaban J connectivity index is 0.000000969. The summed E-state index contributed by atoms with van der Waals surface area (Å²) in [5, 5.41) is 2.32. The molecule has 0 aliphatic rings. The van der Waals surface area contributed by atoms with Crippen LogP contribution in [0.3, 0.4) is 0 Å². The first-order chi connectivity index (χ1) is 22.5. The third-order valence-corrected chi connectivity index (χ3v) is 7.04. The maximum Gasteiger partial charge on any atom is 0.144 e. The third kappa shape index (κ3) is 9.00. The van der Waals surface area contributed by atoms with Crippen LogP contribution in [0.25, 0.3) is 50.1 Å². The maximum absolute atomic E-state index is 6.08. The topological polar surface area (TPSA) is 31.0 Å². The number of aromatic nitrogens is 2. The first kappa shape index (κ1) is 39.9. The molecule has 0 N–H and O–H groups in total. The molecule has 0 aliphatic heterocycles. The highest BCUT2D eigenvalue weighted by Crippen LogP contribution is 2.39. The first-order valence-corrected chi connectivity index (χ1v) is 17.7. The standard InChI is InChI=1S/C33H30N2O.5C2H6/c1-21(2)27-19-25(24-14-15-31-29(18-24)26-12-8-9-13-30(26)36-31)20-28(22(3)4)32(27)35-17-16-34-33(35)23-10-6-5-7-11-23;5*1-2/h5-22H,1-4H3;5*1-2H3. The fraction of sp³-hybridized carbons (Fsp3) is 0.372. The molecule has 3 heteroatoms. The van der Waals surface area contributed by atoms with Gasteiger partial charge >= 0.3 is 0 Å². The normalized spacial score (nSPS) is 9.91. The van der Waals surface area contributed by atoms with Crippen molar-refractivity contribution >= 4 is 21.9 Å². The van der Waals surface area contributed by atoms with Crippen molar-refractivity contribution in [3.05, 3.63) is 108 Å². The molecule has 0 bridgehead atoms. The molecule has 0 radical (unpaired) electrons. The highest BCUT2D eigenvalue weighted by atomic mass is 16.3. The summed E-state index contributed by atoms with van der Waals surface area (Å²) in [6.07, 6.45) is 4.00. The smallest absolute Gasteiger partial charge is 0.144 e. The number of rotatable bonds is 5. The van der Waals surface area contributed by atoms with Crippen LogP contribution in [0.15, 0.2) is 102 Å². The molecule has 46 heavy (non-hydrogen) atoms. The zero-order valence-electron chi connectivity index (χ0n) is 31.2. The Labute approximate surface area is 280 Å². The van der Waals surface area contributed by atoms with Crippen LogP contribution in [0.2, 0.25) is 0 Å². The third-order valence-electron chi connectivity index (χ3n) is 7.04. The molecule has 248 valence electrons. The summed E-state index contributed by atoms with van der Waals surface area (Å²) in [7, 11) is 0. The van der Waals surface area contributed by atoms with Gasteiger partial charge in [-0.1, -0.05) is 152 Å². The van der Waals surface area contributed by atoms with Crippen LogP contribution in [0.1, 0.15) is 120 Å². The zero-order chi connectivity index (χ0) is 34.8. The van der Waals surface area contributed by atoms with Crippen LogP contribution in [-0.2, 0) is 0 Å². The predicted molar refractivity (Wildman–Crippen MR) is 207 cm³/mol. The lowest BCUT2D eigenvalue weighted by Crippen LogP contribution is -2.08. The minimum atomic E-state index is 0.349. The van der Waals surface area contributed by atoms with E-state index in [1.54, 1.807) is 0 Å². The number of furan rings is 1. The van der Waals surface area contributed by atoms with Crippen molar-refractivity contribution < 1.29 is 4.42 Å². The van der Waals surface area contributed by atoms with Crippen LogP contribution >= 0.6 is 0 Å². The van der Waals surface area contributed by atoms with Gasteiger partial charge < -0.3 is 4.42 Å². The molecule has 2 aromatic heterocycles. The molecule has 0 fully saturated rings. The molecule has 0 saturated carbocycles. The van der Waals surface area contributed by atoms with Crippen molar-refractivity contribution in [3.8, 4) is 28.2 Å². The zero-order valence-corrected chi connectivity index (χ0v) is 31.2. The Morgan fingerprint density at radius 3 is 1.61 bits per heavy atom. The summed E-state index contributed by atoms with van der Waals surface area (Å²) >= 11 is 0. The number of fused-ring (bicyclic) bond motifs is 3. The van der Waals surface area contributed by atoms with Gasteiger partial charge in [0.15, 0.2) is 0 Å². The van der Waals surface area contributed by atoms with Gasteiger partial charge in [0.1, 0.15) is 17.0 Å². The summed E-state index contributed by atoms with van der Waals surface area (Å²) < 4.78 is 8.35. The summed E-state index contributed by atoms with van der Waals surface area (Å²) in [5.41, 5.74) is 9.31. The monoisotopic (exact) mass is 620 g/mol. The summed E-state index contributed by atoms with van der Waals surface area (Å²) in [5.74, 6) is 1.67. The molecule has 6 aromatic rings. The van der Waals surface area contributed by atoms with E-state index in [1.807, 2.05) is 93.6 Å². The molecular weight excluding hydrogens is 560 g/mol. The number of para-hydroxylation sites is 1. The fourth-order valence-corrected chi connectivity index (χ4v) is 5.20. The number of imidazole rings is 1. The van der Waals surface area contributed by atoms with Gasteiger partial charge in [0.25, 0.3) is 0 Å². The van der Waals surface area contributed by atoms with Crippen molar-refractivity contribution in [2.24, 2.45) is 0 Å². The van der Waals surface area contributed by atoms with Gasteiger partial charge in [-0.05, 0) is 64.4 Å². The second kappa shape index (κ2) is 20.8. The Bertz CT molecular complexity index is 1660. The summed E-state index contributed by atoms with van der Waals surface area (Å²) in [6.45, 7) is 29.1. The van der Waals surface area contributed by atoms with Gasteiger partial charge in [-0.3, -0.25) is 4.57 Å². The molecule has 4 aromatic carbocycles. The minimum Gasteiger partial charge on any atom is -0.456 e. The Hall–Kier alpha value is -4.11. The van der Waals surface area contributed by atoms with Crippen molar-refractivity contribution in [1.29, 1.82) is 0 Å². The van der Waals surface area contributed by atoms with Crippen molar-refractivity contribution in [3.63, 3.8) is 0 Å². The molecule has 3 nitrogen and oxygen atoms in total. The van der Waals surface area contributed by atoms with E-state index in [2.05, 4.69) is 105 Å². The Morgan fingerprint density at radius 2 is 1.04 bits per heavy atom. The van der Waals surface area contributed by atoms with E-state index in [9.17, 15) is 0 Å². The van der Waals surface area contributed by atoms with Crippen LogP contribution in [0, 0.1) is 0 Å². The molecule has 6 rings (SSSR count). The predicted octanol–water partition coefficient (Wildman–Crippen LogP) is 14.5. The number of hydrogen-bond donors (Lipinski definition) is 0. The van der Waals surface area contributed by atoms with E-state index in [-0.39, 0.29) is 0 Å². The quantitative estimate of drug-likeness (QED) is 0.192. The van der Waals surface area contributed by atoms with Crippen LogP contribution in [0.5, 0.6) is 0 Å². The van der Waals surface area contributed by atoms with Gasteiger partial charge in [-0.25, -0.2) is 4.98 Å². The number of nitrogens with zero attached hydrogens (tertiary/aromatic N) is 2. The molecule has 0 saturated heterocycles. The summed E-state index contributed by atoms with van der Waals surface area (Å²) in [4.78, 5) is 4.75. The van der Waals surface area contributed by atoms with Gasteiger partial charge in [0.05, 0.1) is 5.69 Å². The highest BCUT2D eigenvalue weighted by Gasteiger charge is 2.21. The minimum absolute atomic E-state index is 0.349. The van der Waals surface area contributed by atoms with Gasteiger partial charge in [-0.2, -0.15) is 0 Å². The maximum atomic E-state index is 6.08. The SMILES string of the molecule is CC.CC.CC.CC.CC.CC(C)c1cc(-c2ccc3oc4ccccc4c3c2)cc(C(C)C)c1-n1ccnc1-c1ccccc1. The van der Waals surface area contributed by atoms with Crippen LogP contribution in [0.4, 0.5) is 0 Å². The lowest BCUT2D eigenvalue weighted by molar-refractivity contribution is 0.669. The number of benzene rings is 4. The Morgan fingerprint density at radius 1 is 0.522 bits per heavy atom. The van der Waals surface area contributed by atoms with E-state index in [1.165, 1.54) is 27.9 Å².